The number of nitrogens with zero attached hydrogens (tertiary/aromatic N) is 2. The summed E-state index contributed by atoms with van der Waals surface area (Å²) in [5.74, 6) is 1.72. The van der Waals surface area contributed by atoms with Crippen molar-refractivity contribution in [2.75, 3.05) is 27.4 Å². The van der Waals surface area contributed by atoms with Crippen molar-refractivity contribution in [2.45, 2.75) is 46.8 Å². The molecular weight excluding hydrogens is 532 g/mol. The summed E-state index contributed by atoms with van der Waals surface area (Å²) in [6.07, 6.45) is 1.72. The van der Waals surface area contributed by atoms with Crippen LogP contribution < -0.4 is 33.8 Å². The topological polar surface area (TPSA) is 97.6 Å². The van der Waals surface area contributed by atoms with Crippen LogP contribution in [0.25, 0.3) is 6.08 Å². The molecule has 10 heteroatoms. The molecule has 1 aliphatic heterocycles. The van der Waals surface area contributed by atoms with Crippen LogP contribution in [-0.4, -0.2) is 44.1 Å². The maximum atomic E-state index is 13.9. The standard InChI is InChI=1S/C30H34N2O7S/c1-8-37-21-12-10-19(14-23(21)35-6)15-25-28(33)32-27(20-11-13-22(39-17(3)4)24(16-20)36-7)26(29(34)38-9-2)18(5)31-30(32)40-25/h10-17,27H,8-9H2,1-7H3/b25-15-/t27-/m0/s1. The van der Waals surface area contributed by atoms with Crippen LogP contribution in [0.5, 0.6) is 23.0 Å². The van der Waals surface area contributed by atoms with Crippen molar-refractivity contribution in [3.05, 3.63) is 78.5 Å². The van der Waals surface area contributed by atoms with Gasteiger partial charge in [0.15, 0.2) is 27.8 Å². The third kappa shape index (κ3) is 5.77. The first-order valence-electron chi connectivity index (χ1n) is 13.1. The van der Waals surface area contributed by atoms with Gasteiger partial charge in [-0.3, -0.25) is 9.36 Å². The lowest BCUT2D eigenvalue weighted by molar-refractivity contribution is -0.139. The first-order valence-corrected chi connectivity index (χ1v) is 13.9. The molecule has 2 aromatic carbocycles. The second kappa shape index (κ2) is 12.4. The maximum absolute atomic E-state index is 13.9. The number of allylic oxidation sites excluding steroid dienone is 1. The monoisotopic (exact) mass is 566 g/mol. The number of hydrogen-bond acceptors (Lipinski definition) is 9. The molecule has 212 valence electrons. The quantitative estimate of drug-likeness (QED) is 0.342. The molecule has 1 aromatic heterocycles. The number of rotatable bonds is 10. The van der Waals surface area contributed by atoms with E-state index in [9.17, 15) is 9.59 Å². The minimum Gasteiger partial charge on any atom is -0.493 e. The van der Waals surface area contributed by atoms with E-state index < -0.39 is 12.0 Å². The highest BCUT2D eigenvalue weighted by atomic mass is 32.1. The molecule has 0 amide bonds. The van der Waals surface area contributed by atoms with Crippen molar-refractivity contribution >= 4 is 23.4 Å². The molecule has 1 atom stereocenters. The Morgan fingerprint density at radius 3 is 2.38 bits per heavy atom. The molecule has 0 spiro atoms. The molecule has 0 radical (unpaired) electrons. The Hall–Kier alpha value is -4.05. The SMILES string of the molecule is CCOC(=O)C1=C(C)N=c2s/c(=C\c3ccc(OCC)c(OC)c3)c(=O)n2[C@H]1c1ccc(OC(C)C)c(OC)c1. The summed E-state index contributed by atoms with van der Waals surface area (Å²) >= 11 is 1.25. The molecule has 3 aromatic rings. The van der Waals surface area contributed by atoms with E-state index in [1.807, 2.05) is 45.0 Å². The van der Waals surface area contributed by atoms with Crippen molar-refractivity contribution in [1.82, 2.24) is 4.57 Å². The third-order valence-electron chi connectivity index (χ3n) is 6.17. The molecule has 0 unspecified atom stereocenters. The van der Waals surface area contributed by atoms with Gasteiger partial charge in [0, 0.05) is 0 Å². The summed E-state index contributed by atoms with van der Waals surface area (Å²) in [4.78, 5) is 32.2. The van der Waals surface area contributed by atoms with Crippen LogP contribution in [0.1, 0.15) is 51.8 Å². The zero-order valence-electron chi connectivity index (χ0n) is 23.8. The second-order valence-electron chi connectivity index (χ2n) is 9.22. The van der Waals surface area contributed by atoms with Crippen LogP contribution in [0.2, 0.25) is 0 Å². The predicted octanol–water partition coefficient (Wildman–Crippen LogP) is 4.00. The molecule has 0 N–H and O–H groups in total. The van der Waals surface area contributed by atoms with Crippen molar-refractivity contribution in [1.29, 1.82) is 0 Å². The fourth-order valence-corrected chi connectivity index (χ4v) is 5.56. The minimum atomic E-state index is -0.769. The Kier molecular flexibility index (Phi) is 8.99. The second-order valence-corrected chi connectivity index (χ2v) is 10.2. The molecule has 0 fully saturated rings. The van der Waals surface area contributed by atoms with Gasteiger partial charge in [-0.15, -0.1) is 0 Å². The van der Waals surface area contributed by atoms with Gasteiger partial charge in [0.2, 0.25) is 0 Å². The van der Waals surface area contributed by atoms with E-state index in [-0.39, 0.29) is 18.3 Å². The number of hydrogen-bond donors (Lipinski definition) is 0. The Bertz CT molecular complexity index is 1620. The van der Waals surface area contributed by atoms with Gasteiger partial charge >= 0.3 is 5.97 Å². The number of ether oxygens (including phenoxy) is 5. The van der Waals surface area contributed by atoms with Gasteiger partial charge in [-0.05, 0) is 76.1 Å². The normalized spacial score (nSPS) is 15.0. The number of carbonyl (C=O) groups is 1. The number of esters is 1. The van der Waals surface area contributed by atoms with E-state index in [1.165, 1.54) is 11.3 Å². The largest absolute Gasteiger partial charge is 0.493 e. The van der Waals surface area contributed by atoms with Crippen molar-refractivity contribution < 1.29 is 28.5 Å². The number of fused-ring (bicyclic) bond motifs is 1. The lowest BCUT2D eigenvalue weighted by Crippen LogP contribution is -2.40. The number of methoxy groups -OCH3 is 2. The molecule has 0 aliphatic carbocycles. The average Bonchev–Trinajstić information content (AvgIpc) is 3.22. The molecular formula is C30H34N2O7S. The molecule has 1 aliphatic rings. The number of benzene rings is 2. The fourth-order valence-electron chi connectivity index (χ4n) is 4.51. The molecule has 9 nitrogen and oxygen atoms in total. The van der Waals surface area contributed by atoms with Crippen molar-refractivity contribution in [3.63, 3.8) is 0 Å². The Morgan fingerprint density at radius 1 is 1.02 bits per heavy atom. The van der Waals surface area contributed by atoms with Gasteiger partial charge < -0.3 is 23.7 Å². The highest BCUT2D eigenvalue weighted by Gasteiger charge is 2.34. The Morgan fingerprint density at radius 2 is 1.73 bits per heavy atom. The summed E-state index contributed by atoms with van der Waals surface area (Å²) in [6, 6.07) is 10.1. The van der Waals surface area contributed by atoms with Crippen LogP contribution in [0.3, 0.4) is 0 Å². The number of thiazole rings is 1. The highest BCUT2D eigenvalue weighted by molar-refractivity contribution is 7.07. The van der Waals surface area contributed by atoms with Gasteiger partial charge in [0.25, 0.3) is 5.56 Å². The lowest BCUT2D eigenvalue weighted by Gasteiger charge is -2.25. The smallest absolute Gasteiger partial charge is 0.338 e. The zero-order chi connectivity index (χ0) is 29.0. The highest BCUT2D eigenvalue weighted by Crippen LogP contribution is 2.36. The summed E-state index contributed by atoms with van der Waals surface area (Å²) < 4.78 is 30.0. The summed E-state index contributed by atoms with van der Waals surface area (Å²) in [5, 5.41) is 0. The summed E-state index contributed by atoms with van der Waals surface area (Å²) in [7, 11) is 3.12. The van der Waals surface area contributed by atoms with E-state index in [0.29, 0.717) is 55.8 Å². The van der Waals surface area contributed by atoms with Gasteiger partial charge in [-0.1, -0.05) is 23.5 Å². The van der Waals surface area contributed by atoms with E-state index >= 15 is 0 Å². The minimum absolute atomic E-state index is 0.0594. The third-order valence-corrected chi connectivity index (χ3v) is 7.15. The summed E-state index contributed by atoms with van der Waals surface area (Å²) in [5.41, 5.74) is 1.93. The molecule has 0 bridgehead atoms. The zero-order valence-corrected chi connectivity index (χ0v) is 24.6. The summed E-state index contributed by atoms with van der Waals surface area (Å²) in [6.45, 7) is 9.94. The molecule has 40 heavy (non-hydrogen) atoms. The fraction of sp³-hybridized carbons (Fsp3) is 0.367. The van der Waals surface area contributed by atoms with Crippen molar-refractivity contribution in [2.24, 2.45) is 4.99 Å². The first-order chi connectivity index (χ1) is 19.2. The number of carbonyl (C=O) groups excluding carboxylic acids is 1. The molecule has 4 rings (SSSR count). The van der Waals surface area contributed by atoms with Crippen LogP contribution in [0.15, 0.2) is 57.5 Å². The molecule has 0 saturated carbocycles. The van der Waals surface area contributed by atoms with E-state index in [0.717, 1.165) is 5.56 Å². The average molecular weight is 567 g/mol. The molecule has 2 heterocycles. The maximum Gasteiger partial charge on any atom is 0.338 e. The van der Waals surface area contributed by atoms with Gasteiger partial charge in [0.1, 0.15) is 0 Å². The number of aromatic nitrogens is 1. The van der Waals surface area contributed by atoms with Crippen molar-refractivity contribution in [3.8, 4) is 23.0 Å². The van der Waals surface area contributed by atoms with E-state index in [4.69, 9.17) is 23.7 Å². The first kappa shape index (κ1) is 28.9. The van der Waals surface area contributed by atoms with Crippen LogP contribution in [0.4, 0.5) is 0 Å². The van der Waals surface area contributed by atoms with Gasteiger partial charge in [0.05, 0.1) is 55.4 Å². The lowest BCUT2D eigenvalue weighted by atomic mass is 9.95. The van der Waals surface area contributed by atoms with Gasteiger partial charge in [-0.25, -0.2) is 9.79 Å². The van der Waals surface area contributed by atoms with Gasteiger partial charge in [-0.2, -0.15) is 0 Å². The molecule has 0 saturated heterocycles. The van der Waals surface area contributed by atoms with Crippen LogP contribution >= 0.6 is 11.3 Å². The van der Waals surface area contributed by atoms with Crippen LogP contribution in [-0.2, 0) is 9.53 Å². The predicted molar refractivity (Wildman–Crippen MR) is 153 cm³/mol. The Labute approximate surface area is 236 Å². The van der Waals surface area contributed by atoms with E-state index in [1.54, 1.807) is 50.8 Å². The van der Waals surface area contributed by atoms with Crippen LogP contribution in [0, 0.1) is 0 Å². The van der Waals surface area contributed by atoms with E-state index in [2.05, 4.69) is 4.99 Å². The Balaban J connectivity index is 1.91.